The van der Waals surface area contributed by atoms with Gasteiger partial charge in [0.2, 0.25) is 27.7 Å². The highest BCUT2D eigenvalue weighted by Gasteiger charge is 2.43. The number of aliphatic imine (C=N–C) groups is 1. The first-order valence-corrected chi connectivity index (χ1v) is 19.7. The number of guanidine groups is 1. The van der Waals surface area contributed by atoms with Crippen LogP contribution in [0.1, 0.15) is 40.2 Å². The second-order valence-electron chi connectivity index (χ2n) is 11.7. The van der Waals surface area contributed by atoms with Gasteiger partial charge in [-0.1, -0.05) is 60.2 Å². The van der Waals surface area contributed by atoms with Crippen LogP contribution in [0.2, 0.25) is 0 Å². The molecular formula is C33H38N6O7S3. The molecular weight excluding hydrogens is 689 g/mol. The number of hydrogen-bond donors (Lipinski definition) is 3. The first-order valence-electron chi connectivity index (χ1n) is 15.5. The number of nitrogens with one attached hydrogen (secondary N) is 2. The number of carbonyl (C=O) groups excluding carboxylic acids is 2. The van der Waals surface area contributed by atoms with Gasteiger partial charge in [0.25, 0.3) is 10.0 Å². The molecule has 1 amide bonds. The smallest absolute Gasteiger partial charge is 0.264 e. The van der Waals surface area contributed by atoms with Crippen LogP contribution < -0.4 is 15.8 Å². The Hall–Kier alpha value is -4.22. The van der Waals surface area contributed by atoms with Crippen LogP contribution >= 0.6 is 11.3 Å². The lowest BCUT2D eigenvalue weighted by Crippen LogP contribution is -2.50. The fraction of sp³-hybridized carbons (Fsp3) is 0.333. The Bertz CT molecular complexity index is 2000. The van der Waals surface area contributed by atoms with Crippen molar-refractivity contribution >= 4 is 59.2 Å². The van der Waals surface area contributed by atoms with Crippen molar-refractivity contribution in [2.45, 2.75) is 55.9 Å². The molecule has 3 aromatic carbocycles. The van der Waals surface area contributed by atoms with Crippen LogP contribution in [0.4, 0.5) is 0 Å². The molecule has 0 radical (unpaired) electrons. The zero-order valence-corrected chi connectivity index (χ0v) is 29.4. The predicted molar refractivity (Wildman–Crippen MR) is 188 cm³/mol. The van der Waals surface area contributed by atoms with E-state index < -0.39 is 49.9 Å². The molecule has 0 aliphatic carbocycles. The highest BCUT2D eigenvalue weighted by Crippen LogP contribution is 2.26. The Balaban J connectivity index is 1.28. The monoisotopic (exact) mass is 726 g/mol. The molecule has 260 valence electrons. The molecule has 1 saturated heterocycles. The minimum absolute atomic E-state index is 0.00722. The van der Waals surface area contributed by atoms with E-state index in [1.54, 1.807) is 24.3 Å². The van der Waals surface area contributed by atoms with Crippen LogP contribution in [0, 0.1) is 6.92 Å². The summed E-state index contributed by atoms with van der Waals surface area (Å²) in [7, 11) is -7.74. The molecule has 3 atom stereocenters. The summed E-state index contributed by atoms with van der Waals surface area (Å²) in [6, 6.07) is 20.8. The van der Waals surface area contributed by atoms with Gasteiger partial charge in [0, 0.05) is 19.5 Å². The Morgan fingerprint density at radius 1 is 1.04 bits per heavy atom. The van der Waals surface area contributed by atoms with Crippen molar-refractivity contribution in [2.75, 3.05) is 19.3 Å². The quantitative estimate of drug-likeness (QED) is 0.0759. The van der Waals surface area contributed by atoms with E-state index >= 15 is 0 Å². The lowest BCUT2D eigenvalue weighted by molar-refractivity contribution is -0.124. The van der Waals surface area contributed by atoms with Crippen molar-refractivity contribution in [1.82, 2.24) is 19.3 Å². The fourth-order valence-corrected chi connectivity index (χ4v) is 8.38. The number of aryl methyl sites for hydroxylation is 1. The van der Waals surface area contributed by atoms with Crippen molar-refractivity contribution in [3.8, 4) is 0 Å². The van der Waals surface area contributed by atoms with Gasteiger partial charge < -0.3 is 15.8 Å². The van der Waals surface area contributed by atoms with Gasteiger partial charge in [0.1, 0.15) is 6.04 Å². The number of fused-ring (bicyclic) bond motifs is 1. The van der Waals surface area contributed by atoms with Gasteiger partial charge in [-0.2, -0.15) is 4.31 Å². The van der Waals surface area contributed by atoms with Gasteiger partial charge in [-0.25, -0.2) is 26.5 Å². The van der Waals surface area contributed by atoms with Gasteiger partial charge in [0.05, 0.1) is 40.1 Å². The average Bonchev–Trinajstić information content (AvgIpc) is 3.71. The molecule has 1 fully saturated rings. The number of rotatable bonds is 14. The van der Waals surface area contributed by atoms with Crippen LogP contribution in [-0.2, 0) is 36.2 Å². The third kappa shape index (κ3) is 9.48. The maximum atomic E-state index is 13.8. The molecule has 0 bridgehead atoms. The van der Waals surface area contributed by atoms with Crippen LogP contribution in [0.25, 0.3) is 10.2 Å². The number of nitrogens with zero attached hydrogens (tertiary/aromatic N) is 3. The summed E-state index contributed by atoms with van der Waals surface area (Å²) in [6.07, 6.45) is 0.936. The summed E-state index contributed by atoms with van der Waals surface area (Å²) in [5, 5.41) is 2.97. The molecule has 4 N–H and O–H groups in total. The van der Waals surface area contributed by atoms with Crippen LogP contribution in [0.15, 0.2) is 88.8 Å². The van der Waals surface area contributed by atoms with Crippen LogP contribution in [0.5, 0.6) is 0 Å². The number of aromatic nitrogens is 1. The number of amides is 1. The van der Waals surface area contributed by atoms with E-state index in [0.717, 1.165) is 26.4 Å². The standard InChI is InChI=1S/C33H38N6O7S3/c1-22-14-16-25(17-15-22)49(44,45)38-33(34)35-18-8-12-27(30(40)32-37-26-11-6-7-13-29(26)47-32)36-31(41)28-19-24(20-39(28)48(2,42)43)46-21-23-9-4-3-5-10-23/h3-7,9-11,13-17,24,27-28H,8,12,18-21H2,1-2H3,(H,36,41)(H3,34,35,38). The lowest BCUT2D eigenvalue weighted by atomic mass is 10.1. The van der Waals surface area contributed by atoms with Crippen molar-refractivity contribution < 1.29 is 31.2 Å². The second-order valence-corrected chi connectivity index (χ2v) is 16.4. The largest absolute Gasteiger partial charge is 0.372 e. The molecule has 13 nitrogen and oxygen atoms in total. The minimum Gasteiger partial charge on any atom is -0.372 e. The summed E-state index contributed by atoms with van der Waals surface area (Å²) in [5.74, 6) is -1.40. The summed E-state index contributed by atoms with van der Waals surface area (Å²) >= 11 is 1.19. The van der Waals surface area contributed by atoms with E-state index in [0.29, 0.717) is 5.52 Å². The summed E-state index contributed by atoms with van der Waals surface area (Å²) in [4.78, 5) is 36.1. The van der Waals surface area contributed by atoms with Gasteiger partial charge in [0.15, 0.2) is 5.01 Å². The SMILES string of the molecule is Cc1ccc(S(=O)(=O)NC(N)=NCCCC(NC(=O)C2CC(OCc3ccccc3)CN2S(C)(=O)=O)C(=O)c2nc3ccccc3s2)cc1. The first kappa shape index (κ1) is 36.1. The fourth-order valence-electron chi connectivity index (χ4n) is 5.39. The molecule has 16 heteroatoms. The molecule has 1 aliphatic heterocycles. The molecule has 0 saturated carbocycles. The summed E-state index contributed by atoms with van der Waals surface area (Å²) in [5.41, 5.74) is 8.32. The third-order valence-corrected chi connectivity index (χ3v) is 11.6. The summed E-state index contributed by atoms with van der Waals surface area (Å²) in [6.45, 7) is 2.12. The number of thiazole rings is 1. The van der Waals surface area contributed by atoms with E-state index in [2.05, 4.69) is 20.0 Å². The van der Waals surface area contributed by atoms with E-state index in [1.165, 1.54) is 23.5 Å². The number of nitrogens with two attached hydrogens (primary N) is 1. The number of carbonyl (C=O) groups is 2. The number of hydrogen-bond acceptors (Lipinski definition) is 10. The number of sulfonamides is 2. The number of para-hydroxylation sites is 1. The van der Waals surface area contributed by atoms with Crippen molar-refractivity contribution in [2.24, 2.45) is 10.7 Å². The van der Waals surface area contributed by atoms with Crippen molar-refractivity contribution in [3.05, 3.63) is 95.0 Å². The van der Waals surface area contributed by atoms with Crippen molar-refractivity contribution in [3.63, 3.8) is 0 Å². The second kappa shape index (κ2) is 15.6. The molecule has 1 aromatic heterocycles. The van der Waals surface area contributed by atoms with Gasteiger partial charge in [-0.05, 0) is 49.6 Å². The Labute approximate surface area is 289 Å². The van der Waals surface area contributed by atoms with Gasteiger partial charge in [-0.3, -0.25) is 14.6 Å². The van der Waals surface area contributed by atoms with Crippen LogP contribution in [-0.4, -0.2) is 81.3 Å². The van der Waals surface area contributed by atoms with Gasteiger partial charge in [-0.15, -0.1) is 11.3 Å². The molecule has 49 heavy (non-hydrogen) atoms. The normalized spacial score (nSPS) is 18.0. The maximum absolute atomic E-state index is 13.8. The lowest BCUT2D eigenvalue weighted by Gasteiger charge is -2.24. The van der Waals surface area contributed by atoms with E-state index in [4.69, 9.17) is 10.5 Å². The Morgan fingerprint density at radius 3 is 2.43 bits per heavy atom. The maximum Gasteiger partial charge on any atom is 0.264 e. The van der Waals surface area contributed by atoms with Gasteiger partial charge >= 0.3 is 0 Å². The van der Waals surface area contributed by atoms with E-state index in [1.807, 2.05) is 49.4 Å². The molecule has 0 spiro atoms. The topological polar surface area (TPSA) is 190 Å². The zero-order chi connectivity index (χ0) is 35.2. The van der Waals surface area contributed by atoms with Crippen molar-refractivity contribution in [1.29, 1.82) is 0 Å². The van der Waals surface area contributed by atoms with E-state index in [-0.39, 0.29) is 54.8 Å². The van der Waals surface area contributed by atoms with E-state index in [9.17, 15) is 26.4 Å². The Morgan fingerprint density at radius 2 is 1.73 bits per heavy atom. The zero-order valence-electron chi connectivity index (χ0n) is 27.0. The highest BCUT2D eigenvalue weighted by atomic mass is 32.2. The number of Topliss-reactive ketones (excluding diaryl/α,β-unsaturated/α-hetero) is 1. The molecule has 3 unspecified atom stereocenters. The highest BCUT2D eigenvalue weighted by molar-refractivity contribution is 7.90. The van der Waals surface area contributed by atoms with Crippen LogP contribution in [0.3, 0.4) is 0 Å². The Kier molecular flexibility index (Phi) is 11.4. The predicted octanol–water partition coefficient (Wildman–Crippen LogP) is 2.96. The third-order valence-electron chi connectivity index (χ3n) is 7.92. The molecule has 5 rings (SSSR count). The molecule has 4 aromatic rings. The number of benzene rings is 3. The molecule has 1 aliphatic rings. The average molecular weight is 727 g/mol. The number of ether oxygens (including phenoxy) is 1. The number of ketones is 1. The summed E-state index contributed by atoms with van der Waals surface area (Å²) < 4.78 is 60.9. The first-order chi connectivity index (χ1) is 23.3. The minimum atomic E-state index is -3.95. The molecule has 2 heterocycles.